The van der Waals surface area contributed by atoms with Gasteiger partial charge in [-0.1, -0.05) is 11.6 Å². The lowest BCUT2D eigenvalue weighted by Gasteiger charge is -2.15. The lowest BCUT2D eigenvalue weighted by atomic mass is 10.3. The van der Waals surface area contributed by atoms with Crippen molar-refractivity contribution in [1.82, 2.24) is 0 Å². The molecule has 5 heteroatoms. The van der Waals surface area contributed by atoms with Gasteiger partial charge in [-0.15, -0.1) is 0 Å². The minimum Gasteiger partial charge on any atom is -0.486 e. The van der Waals surface area contributed by atoms with Crippen LogP contribution in [0.5, 0.6) is 5.75 Å². The molecule has 1 unspecified atom stereocenters. The predicted octanol–water partition coefficient (Wildman–Crippen LogP) is 2.47. The van der Waals surface area contributed by atoms with E-state index in [0.717, 1.165) is 0 Å². The monoisotopic (exact) mass is 233 g/mol. The van der Waals surface area contributed by atoms with Crippen LogP contribution in [0.2, 0.25) is 5.02 Å². The summed E-state index contributed by atoms with van der Waals surface area (Å²) in [6, 6.07) is 2.50. The highest BCUT2D eigenvalue weighted by Gasteiger charge is 2.10. The van der Waals surface area contributed by atoms with Gasteiger partial charge >= 0.3 is 0 Å². The number of benzene rings is 1. The number of rotatable bonds is 4. The van der Waals surface area contributed by atoms with Gasteiger partial charge in [-0.3, -0.25) is 0 Å². The molecule has 0 radical (unpaired) electrons. The fourth-order valence-electron chi connectivity index (χ4n) is 1.13. The van der Waals surface area contributed by atoms with E-state index >= 15 is 0 Å². The number of hydrogen-bond donors (Lipinski definition) is 1. The Kier molecular flexibility index (Phi) is 4.17. The molecule has 0 aliphatic rings. The van der Waals surface area contributed by atoms with Gasteiger partial charge in [0.2, 0.25) is 0 Å². The van der Waals surface area contributed by atoms with Gasteiger partial charge in [-0.2, -0.15) is 0 Å². The maximum atomic E-state index is 13.1. The van der Waals surface area contributed by atoms with Crippen LogP contribution >= 0.6 is 11.6 Å². The Hall–Kier alpha value is -1.00. The standard InChI is InChI=1S/C10H13ClFNO2/c1-6(5-14-2)15-10-4-8(12)7(11)3-9(10)13/h3-4,6H,5,13H2,1-2H3. The molecule has 1 atom stereocenters. The summed E-state index contributed by atoms with van der Waals surface area (Å²) in [6.45, 7) is 2.21. The first-order valence-corrected chi connectivity index (χ1v) is 4.82. The molecule has 0 aliphatic carbocycles. The summed E-state index contributed by atoms with van der Waals surface area (Å²) in [5.74, 6) is -0.271. The van der Waals surface area contributed by atoms with Crippen molar-refractivity contribution in [3.05, 3.63) is 23.0 Å². The van der Waals surface area contributed by atoms with E-state index in [2.05, 4.69) is 0 Å². The van der Waals surface area contributed by atoms with Crippen LogP contribution in [-0.2, 0) is 4.74 Å². The maximum Gasteiger partial charge on any atom is 0.145 e. The fraction of sp³-hybridized carbons (Fsp3) is 0.400. The molecule has 0 saturated heterocycles. The lowest BCUT2D eigenvalue weighted by molar-refractivity contribution is 0.0924. The molecule has 0 fully saturated rings. The smallest absolute Gasteiger partial charge is 0.145 e. The van der Waals surface area contributed by atoms with Crippen molar-refractivity contribution in [1.29, 1.82) is 0 Å². The Balaban J connectivity index is 2.81. The zero-order valence-electron chi connectivity index (χ0n) is 8.59. The number of methoxy groups -OCH3 is 1. The third-order valence-electron chi connectivity index (χ3n) is 1.78. The average Bonchev–Trinajstić information content (AvgIpc) is 2.14. The van der Waals surface area contributed by atoms with Crippen LogP contribution in [0.15, 0.2) is 12.1 Å². The van der Waals surface area contributed by atoms with E-state index in [1.54, 1.807) is 14.0 Å². The van der Waals surface area contributed by atoms with Crippen LogP contribution in [0.4, 0.5) is 10.1 Å². The van der Waals surface area contributed by atoms with Crippen LogP contribution in [-0.4, -0.2) is 19.8 Å². The molecule has 0 aromatic heterocycles. The Morgan fingerprint density at radius 2 is 2.20 bits per heavy atom. The highest BCUT2D eigenvalue weighted by Crippen LogP contribution is 2.28. The summed E-state index contributed by atoms with van der Waals surface area (Å²) in [6.07, 6.45) is -0.196. The first kappa shape index (κ1) is 12.1. The summed E-state index contributed by atoms with van der Waals surface area (Å²) >= 11 is 5.55. The van der Waals surface area contributed by atoms with Gasteiger partial charge in [0.15, 0.2) is 0 Å². The average molecular weight is 234 g/mol. The normalized spacial score (nSPS) is 12.5. The molecule has 84 valence electrons. The largest absolute Gasteiger partial charge is 0.486 e. The van der Waals surface area contributed by atoms with Crippen molar-refractivity contribution in [3.8, 4) is 5.75 Å². The molecule has 1 aromatic rings. The number of ether oxygens (including phenoxy) is 2. The number of hydrogen-bond acceptors (Lipinski definition) is 3. The molecule has 3 nitrogen and oxygen atoms in total. The van der Waals surface area contributed by atoms with Crippen molar-refractivity contribution < 1.29 is 13.9 Å². The van der Waals surface area contributed by atoms with Gasteiger partial charge < -0.3 is 15.2 Å². The summed E-state index contributed by atoms with van der Waals surface area (Å²) in [5.41, 5.74) is 5.93. The fourth-order valence-corrected chi connectivity index (χ4v) is 1.30. The molecule has 15 heavy (non-hydrogen) atoms. The Morgan fingerprint density at radius 1 is 1.53 bits per heavy atom. The number of anilines is 1. The molecule has 0 saturated carbocycles. The number of nitrogen functional groups attached to an aromatic ring is 1. The minimum absolute atomic E-state index is 0.0146. The predicted molar refractivity (Wildman–Crippen MR) is 57.8 cm³/mol. The van der Waals surface area contributed by atoms with Crippen molar-refractivity contribution >= 4 is 17.3 Å². The van der Waals surface area contributed by atoms with Crippen LogP contribution in [0.25, 0.3) is 0 Å². The quantitative estimate of drug-likeness (QED) is 0.813. The van der Waals surface area contributed by atoms with Gasteiger partial charge in [-0.05, 0) is 13.0 Å². The summed E-state index contributed by atoms with van der Waals surface area (Å²) in [4.78, 5) is 0. The Labute approximate surface area is 92.9 Å². The van der Waals surface area contributed by atoms with E-state index in [1.807, 2.05) is 0 Å². The van der Waals surface area contributed by atoms with E-state index in [9.17, 15) is 4.39 Å². The molecule has 0 spiro atoms. The van der Waals surface area contributed by atoms with Crippen LogP contribution in [0, 0.1) is 5.82 Å². The van der Waals surface area contributed by atoms with Crippen LogP contribution in [0.3, 0.4) is 0 Å². The third-order valence-corrected chi connectivity index (χ3v) is 2.07. The molecule has 0 heterocycles. The second-order valence-corrected chi connectivity index (χ2v) is 3.60. The molecular formula is C10H13ClFNO2. The second kappa shape index (κ2) is 5.19. The molecule has 1 rings (SSSR count). The second-order valence-electron chi connectivity index (χ2n) is 3.19. The highest BCUT2D eigenvalue weighted by molar-refractivity contribution is 6.31. The van der Waals surface area contributed by atoms with E-state index in [4.69, 9.17) is 26.8 Å². The maximum absolute atomic E-state index is 13.1. The number of halogens is 2. The van der Waals surface area contributed by atoms with E-state index in [0.29, 0.717) is 12.3 Å². The minimum atomic E-state index is -0.550. The molecular weight excluding hydrogens is 221 g/mol. The van der Waals surface area contributed by atoms with Gasteiger partial charge in [0.05, 0.1) is 17.3 Å². The van der Waals surface area contributed by atoms with E-state index in [-0.39, 0.29) is 16.9 Å². The molecule has 0 amide bonds. The molecule has 0 bridgehead atoms. The SMILES string of the molecule is COCC(C)Oc1cc(F)c(Cl)cc1N. The van der Waals surface area contributed by atoms with Crippen molar-refractivity contribution in [2.75, 3.05) is 19.5 Å². The Morgan fingerprint density at radius 3 is 2.80 bits per heavy atom. The summed E-state index contributed by atoms with van der Waals surface area (Å²) < 4.78 is 23.4. The van der Waals surface area contributed by atoms with Crippen LogP contribution in [0.1, 0.15) is 6.92 Å². The Bertz CT molecular complexity index is 346. The zero-order chi connectivity index (χ0) is 11.4. The van der Waals surface area contributed by atoms with E-state index in [1.165, 1.54) is 12.1 Å². The van der Waals surface area contributed by atoms with Gasteiger partial charge in [0.1, 0.15) is 17.7 Å². The first-order valence-electron chi connectivity index (χ1n) is 4.44. The van der Waals surface area contributed by atoms with Gasteiger partial charge in [0, 0.05) is 13.2 Å². The van der Waals surface area contributed by atoms with Gasteiger partial charge in [-0.25, -0.2) is 4.39 Å². The lowest BCUT2D eigenvalue weighted by Crippen LogP contribution is -2.18. The highest BCUT2D eigenvalue weighted by atomic mass is 35.5. The van der Waals surface area contributed by atoms with Crippen molar-refractivity contribution in [3.63, 3.8) is 0 Å². The van der Waals surface area contributed by atoms with E-state index < -0.39 is 5.82 Å². The summed E-state index contributed by atoms with van der Waals surface area (Å²) in [7, 11) is 1.56. The van der Waals surface area contributed by atoms with Crippen LogP contribution < -0.4 is 10.5 Å². The summed E-state index contributed by atoms with van der Waals surface area (Å²) in [5, 5.41) is -0.0146. The first-order chi connectivity index (χ1) is 7.04. The van der Waals surface area contributed by atoms with Crippen molar-refractivity contribution in [2.24, 2.45) is 0 Å². The number of nitrogens with two attached hydrogens (primary N) is 1. The topological polar surface area (TPSA) is 44.5 Å². The molecule has 1 aromatic carbocycles. The van der Waals surface area contributed by atoms with Gasteiger partial charge in [0.25, 0.3) is 0 Å². The van der Waals surface area contributed by atoms with Crippen molar-refractivity contribution in [2.45, 2.75) is 13.0 Å². The molecule has 0 aliphatic heterocycles. The molecule has 2 N–H and O–H groups in total. The third kappa shape index (κ3) is 3.25. The zero-order valence-corrected chi connectivity index (χ0v) is 9.34.